The van der Waals surface area contributed by atoms with Crippen molar-refractivity contribution in [2.75, 3.05) is 13.2 Å². The molecule has 0 radical (unpaired) electrons. The summed E-state index contributed by atoms with van der Waals surface area (Å²) in [6, 6.07) is 0. The van der Waals surface area contributed by atoms with Crippen molar-refractivity contribution in [1.82, 2.24) is 0 Å². The zero-order valence-electron chi connectivity index (χ0n) is 12.6. The van der Waals surface area contributed by atoms with Gasteiger partial charge in [0.15, 0.2) is 0 Å². The Labute approximate surface area is 116 Å². The molecule has 0 aromatic carbocycles. The van der Waals surface area contributed by atoms with E-state index in [1.165, 1.54) is 39.0 Å². The Bertz CT molecular complexity index is 251. The number of ketones is 1. The SMILES string of the molecule is CCCCCCCCOCC(C)OC(=O)CC(C)=O. The fourth-order valence-corrected chi connectivity index (χ4v) is 1.74. The number of hydrogen-bond donors (Lipinski definition) is 0. The summed E-state index contributed by atoms with van der Waals surface area (Å²) in [4.78, 5) is 21.9. The molecule has 0 aromatic heterocycles. The summed E-state index contributed by atoms with van der Waals surface area (Å²) in [5.41, 5.74) is 0. The Morgan fingerprint density at radius 3 is 2.32 bits per heavy atom. The molecule has 0 bridgehead atoms. The summed E-state index contributed by atoms with van der Waals surface area (Å²) < 4.78 is 10.5. The average Bonchev–Trinajstić information content (AvgIpc) is 2.31. The molecular formula is C15H28O4. The van der Waals surface area contributed by atoms with E-state index in [1.54, 1.807) is 6.92 Å². The van der Waals surface area contributed by atoms with Crippen LogP contribution in [0.1, 0.15) is 65.7 Å². The van der Waals surface area contributed by atoms with Crippen LogP contribution in [-0.2, 0) is 19.1 Å². The van der Waals surface area contributed by atoms with E-state index < -0.39 is 5.97 Å². The first-order chi connectivity index (χ1) is 9.06. The van der Waals surface area contributed by atoms with Crippen LogP contribution in [0.4, 0.5) is 0 Å². The Morgan fingerprint density at radius 1 is 1.05 bits per heavy atom. The van der Waals surface area contributed by atoms with Gasteiger partial charge in [0.1, 0.15) is 18.3 Å². The highest BCUT2D eigenvalue weighted by Gasteiger charge is 2.11. The summed E-state index contributed by atoms with van der Waals surface area (Å²) in [6.07, 6.45) is 6.95. The molecule has 0 amide bonds. The van der Waals surface area contributed by atoms with Crippen molar-refractivity contribution in [3.8, 4) is 0 Å². The van der Waals surface area contributed by atoms with E-state index in [0.29, 0.717) is 13.2 Å². The van der Waals surface area contributed by atoms with Crippen LogP contribution in [0, 0.1) is 0 Å². The van der Waals surface area contributed by atoms with E-state index in [4.69, 9.17) is 9.47 Å². The third-order valence-corrected chi connectivity index (χ3v) is 2.72. The second kappa shape index (κ2) is 12.2. The Hall–Kier alpha value is -0.900. The third-order valence-electron chi connectivity index (χ3n) is 2.72. The maximum atomic E-state index is 11.2. The quantitative estimate of drug-likeness (QED) is 0.311. The molecule has 0 saturated heterocycles. The van der Waals surface area contributed by atoms with Crippen LogP contribution in [-0.4, -0.2) is 31.1 Å². The lowest BCUT2D eigenvalue weighted by Crippen LogP contribution is -2.21. The molecule has 112 valence electrons. The number of ether oxygens (including phenoxy) is 2. The average molecular weight is 272 g/mol. The molecule has 1 unspecified atom stereocenters. The van der Waals surface area contributed by atoms with Crippen LogP contribution < -0.4 is 0 Å². The van der Waals surface area contributed by atoms with E-state index in [1.807, 2.05) is 0 Å². The fraction of sp³-hybridized carbons (Fsp3) is 0.867. The molecule has 4 nitrogen and oxygen atoms in total. The minimum absolute atomic E-state index is 0.151. The van der Waals surface area contributed by atoms with Crippen LogP contribution in [0.25, 0.3) is 0 Å². The lowest BCUT2D eigenvalue weighted by molar-refractivity contribution is -0.152. The van der Waals surface area contributed by atoms with Gasteiger partial charge in [-0.3, -0.25) is 9.59 Å². The van der Waals surface area contributed by atoms with Gasteiger partial charge < -0.3 is 9.47 Å². The Morgan fingerprint density at radius 2 is 1.68 bits per heavy atom. The van der Waals surface area contributed by atoms with Gasteiger partial charge in [-0.2, -0.15) is 0 Å². The van der Waals surface area contributed by atoms with Crippen molar-refractivity contribution in [1.29, 1.82) is 0 Å². The molecular weight excluding hydrogens is 244 g/mol. The van der Waals surface area contributed by atoms with Gasteiger partial charge in [-0.25, -0.2) is 0 Å². The third kappa shape index (κ3) is 13.3. The highest BCUT2D eigenvalue weighted by Crippen LogP contribution is 2.05. The van der Waals surface area contributed by atoms with Gasteiger partial charge in [0.25, 0.3) is 0 Å². The van der Waals surface area contributed by atoms with E-state index in [2.05, 4.69) is 6.92 Å². The van der Waals surface area contributed by atoms with Crippen molar-refractivity contribution in [3.05, 3.63) is 0 Å². The minimum atomic E-state index is -0.469. The molecule has 0 aliphatic rings. The van der Waals surface area contributed by atoms with Gasteiger partial charge in [0.05, 0.1) is 6.61 Å². The number of carbonyl (C=O) groups is 2. The number of unbranched alkanes of at least 4 members (excludes halogenated alkanes) is 5. The Balaban J connectivity index is 3.36. The molecule has 4 heteroatoms. The molecule has 0 aromatic rings. The van der Waals surface area contributed by atoms with Gasteiger partial charge in [0.2, 0.25) is 0 Å². The second-order valence-corrected chi connectivity index (χ2v) is 5.02. The summed E-state index contributed by atoms with van der Waals surface area (Å²) in [6.45, 7) is 6.47. The predicted octanol–water partition coefficient (Wildman–Crippen LogP) is 3.27. The smallest absolute Gasteiger partial charge is 0.313 e. The van der Waals surface area contributed by atoms with Crippen LogP contribution in [0.2, 0.25) is 0 Å². The van der Waals surface area contributed by atoms with Gasteiger partial charge in [-0.15, -0.1) is 0 Å². The van der Waals surface area contributed by atoms with Crippen LogP contribution in [0.3, 0.4) is 0 Å². The number of rotatable bonds is 12. The monoisotopic (exact) mass is 272 g/mol. The molecule has 0 saturated carbocycles. The van der Waals surface area contributed by atoms with Crippen LogP contribution >= 0.6 is 0 Å². The molecule has 1 atom stereocenters. The fourth-order valence-electron chi connectivity index (χ4n) is 1.74. The first-order valence-electron chi connectivity index (χ1n) is 7.33. The predicted molar refractivity (Wildman–Crippen MR) is 75.0 cm³/mol. The molecule has 0 spiro atoms. The van der Waals surface area contributed by atoms with Gasteiger partial charge in [-0.1, -0.05) is 39.0 Å². The highest BCUT2D eigenvalue weighted by atomic mass is 16.6. The van der Waals surface area contributed by atoms with Crippen molar-refractivity contribution < 1.29 is 19.1 Å². The topological polar surface area (TPSA) is 52.6 Å². The molecule has 0 aliphatic carbocycles. The van der Waals surface area contributed by atoms with E-state index in [9.17, 15) is 9.59 Å². The zero-order chi connectivity index (χ0) is 14.5. The van der Waals surface area contributed by atoms with Crippen molar-refractivity contribution in [2.24, 2.45) is 0 Å². The lowest BCUT2D eigenvalue weighted by Gasteiger charge is -2.13. The van der Waals surface area contributed by atoms with E-state index in [0.717, 1.165) is 6.42 Å². The number of hydrogen-bond acceptors (Lipinski definition) is 4. The summed E-state index contributed by atoms with van der Waals surface area (Å²) >= 11 is 0. The van der Waals surface area contributed by atoms with Gasteiger partial charge >= 0.3 is 5.97 Å². The van der Waals surface area contributed by atoms with Crippen LogP contribution in [0.15, 0.2) is 0 Å². The number of Topliss-reactive ketones (excluding diaryl/α,β-unsaturated/α-hetero) is 1. The largest absolute Gasteiger partial charge is 0.460 e. The molecule has 0 fully saturated rings. The van der Waals surface area contributed by atoms with Gasteiger partial charge in [0, 0.05) is 6.61 Å². The molecule has 0 aliphatic heterocycles. The van der Waals surface area contributed by atoms with E-state index in [-0.39, 0.29) is 18.3 Å². The van der Waals surface area contributed by atoms with E-state index >= 15 is 0 Å². The first-order valence-corrected chi connectivity index (χ1v) is 7.33. The standard InChI is InChI=1S/C15H28O4/c1-4-5-6-7-8-9-10-18-12-14(3)19-15(17)11-13(2)16/h14H,4-12H2,1-3H3. The van der Waals surface area contributed by atoms with Crippen molar-refractivity contribution in [3.63, 3.8) is 0 Å². The molecule has 19 heavy (non-hydrogen) atoms. The minimum Gasteiger partial charge on any atom is -0.460 e. The molecule has 0 rings (SSSR count). The van der Waals surface area contributed by atoms with Crippen molar-refractivity contribution >= 4 is 11.8 Å². The number of esters is 1. The maximum absolute atomic E-state index is 11.2. The Kier molecular flexibility index (Phi) is 11.6. The van der Waals surface area contributed by atoms with Crippen molar-refractivity contribution in [2.45, 2.75) is 71.8 Å². The van der Waals surface area contributed by atoms with Crippen LogP contribution in [0.5, 0.6) is 0 Å². The maximum Gasteiger partial charge on any atom is 0.313 e. The van der Waals surface area contributed by atoms with Gasteiger partial charge in [-0.05, 0) is 20.3 Å². The summed E-state index contributed by atoms with van der Waals surface area (Å²) in [5, 5.41) is 0. The molecule has 0 heterocycles. The highest BCUT2D eigenvalue weighted by molar-refractivity contribution is 5.94. The second-order valence-electron chi connectivity index (χ2n) is 5.02. The summed E-state index contributed by atoms with van der Waals surface area (Å²) in [7, 11) is 0. The molecule has 0 N–H and O–H groups in total. The zero-order valence-corrected chi connectivity index (χ0v) is 12.6. The first kappa shape index (κ1) is 18.1. The lowest BCUT2D eigenvalue weighted by atomic mass is 10.1. The normalized spacial score (nSPS) is 12.2. The number of carbonyl (C=O) groups excluding carboxylic acids is 2. The summed E-state index contributed by atoms with van der Waals surface area (Å²) in [5.74, 6) is -0.645.